The van der Waals surface area contributed by atoms with Gasteiger partial charge in [0.15, 0.2) is 0 Å². The Morgan fingerprint density at radius 1 is 1.07 bits per heavy atom. The summed E-state index contributed by atoms with van der Waals surface area (Å²) in [5.74, 6) is 1.01. The minimum absolute atomic E-state index is 0. The van der Waals surface area contributed by atoms with Crippen LogP contribution in [0.15, 0.2) is 48.8 Å². The van der Waals surface area contributed by atoms with Gasteiger partial charge in [0, 0.05) is 11.5 Å². The number of hydrogen-bond acceptors (Lipinski definition) is 2. The summed E-state index contributed by atoms with van der Waals surface area (Å²) in [5, 5.41) is 4.93. The number of ether oxygens (including phenoxy) is 1. The predicted molar refractivity (Wildman–Crippen MR) is 99.4 cm³/mol. The highest BCUT2D eigenvalue weighted by Crippen LogP contribution is 2.35. The van der Waals surface area contributed by atoms with Gasteiger partial charge in [-0.15, -0.1) is 0 Å². The zero-order valence-corrected chi connectivity index (χ0v) is 16.5. The first-order valence-electron chi connectivity index (χ1n) is 9.60. The molecule has 3 aromatic rings. The Bertz CT molecular complexity index is 959. The van der Waals surface area contributed by atoms with Gasteiger partial charge in [0.25, 0.3) is 0 Å². The van der Waals surface area contributed by atoms with Crippen LogP contribution in [0.1, 0.15) is 48.0 Å². The fourth-order valence-corrected chi connectivity index (χ4v) is 4.54. The molecule has 0 fully saturated rings. The van der Waals surface area contributed by atoms with E-state index in [9.17, 15) is 0 Å². The summed E-state index contributed by atoms with van der Waals surface area (Å²) >= 11 is 0. The summed E-state index contributed by atoms with van der Waals surface area (Å²) in [4.78, 5) is 0. The first kappa shape index (κ1) is 18.2. The third-order valence-electron chi connectivity index (χ3n) is 5.82. The molecule has 4 nitrogen and oxygen atoms in total. The lowest BCUT2D eigenvalue weighted by molar-refractivity contribution is -0.739. The maximum atomic E-state index is 6.18. The van der Waals surface area contributed by atoms with Crippen molar-refractivity contribution in [2.75, 3.05) is 0 Å². The second-order valence-electron chi connectivity index (χ2n) is 7.21. The van der Waals surface area contributed by atoms with Gasteiger partial charge in [0.05, 0.1) is 0 Å². The Morgan fingerprint density at radius 2 is 1.81 bits per heavy atom. The number of rotatable bonds is 3. The molecule has 5 heteroatoms. The number of aryl methyl sites for hydroxylation is 2. The standard InChI is InChI=1S/C22H24N3O.ClH/c1-3-15-9-7-10-16(4-2)21(15)25-14-24-20(23-25)13-26-19-12-17-8-5-6-11-18(17)22(19)24;/h5-11,14,19,22H,3-4,12-13H2,1-2H3;1H/q+1;/p-1/t19-,22+;/m1./s1. The van der Waals surface area contributed by atoms with E-state index in [4.69, 9.17) is 9.84 Å². The largest absolute Gasteiger partial charge is 1.00 e. The Morgan fingerprint density at radius 3 is 2.56 bits per heavy atom. The van der Waals surface area contributed by atoms with E-state index in [2.05, 4.69) is 71.9 Å². The van der Waals surface area contributed by atoms with Crippen molar-refractivity contribution in [3.63, 3.8) is 0 Å². The van der Waals surface area contributed by atoms with Crippen LogP contribution in [0, 0.1) is 0 Å². The quantitative estimate of drug-likeness (QED) is 0.612. The van der Waals surface area contributed by atoms with Crippen LogP contribution in [0.25, 0.3) is 5.69 Å². The summed E-state index contributed by atoms with van der Waals surface area (Å²) in [5.41, 5.74) is 6.70. The molecule has 5 rings (SSSR count). The van der Waals surface area contributed by atoms with Crippen LogP contribution >= 0.6 is 0 Å². The van der Waals surface area contributed by atoms with Crippen LogP contribution in [0.5, 0.6) is 0 Å². The monoisotopic (exact) mass is 381 g/mol. The molecule has 2 atom stereocenters. The molecule has 0 saturated heterocycles. The lowest BCUT2D eigenvalue weighted by Crippen LogP contribution is -3.00. The van der Waals surface area contributed by atoms with Crippen molar-refractivity contribution in [2.24, 2.45) is 0 Å². The fraction of sp³-hybridized carbons (Fsp3) is 0.364. The maximum Gasteiger partial charge on any atom is 0.304 e. The summed E-state index contributed by atoms with van der Waals surface area (Å²) in [6.45, 7) is 5.00. The minimum atomic E-state index is 0. The topological polar surface area (TPSA) is 30.9 Å². The molecule has 2 heterocycles. The lowest BCUT2D eigenvalue weighted by atomic mass is 10.0. The van der Waals surface area contributed by atoms with Crippen molar-refractivity contribution < 1.29 is 21.7 Å². The van der Waals surface area contributed by atoms with Gasteiger partial charge in [-0.1, -0.05) is 61.0 Å². The van der Waals surface area contributed by atoms with Crippen LogP contribution in [0.4, 0.5) is 0 Å². The Hall–Kier alpha value is -2.17. The zero-order chi connectivity index (χ0) is 17.7. The summed E-state index contributed by atoms with van der Waals surface area (Å²) in [6.07, 6.45) is 5.40. The SMILES string of the molecule is CCc1cccc(CC)c1-n1c[n+]2c(n1)CO[C@@H]1Cc3ccccc3[C@@H]12.[Cl-]. The van der Waals surface area contributed by atoms with E-state index in [1.807, 2.05) is 0 Å². The smallest absolute Gasteiger partial charge is 0.304 e. The molecule has 2 aliphatic rings. The number of benzene rings is 2. The van der Waals surface area contributed by atoms with Crippen molar-refractivity contribution in [3.8, 4) is 5.69 Å². The fourth-order valence-electron chi connectivity index (χ4n) is 4.54. The van der Waals surface area contributed by atoms with E-state index in [0.717, 1.165) is 25.1 Å². The van der Waals surface area contributed by atoms with Crippen molar-refractivity contribution >= 4 is 0 Å². The van der Waals surface area contributed by atoms with Gasteiger partial charge < -0.3 is 17.1 Å². The van der Waals surface area contributed by atoms with E-state index in [0.29, 0.717) is 6.61 Å². The number of aromatic nitrogens is 3. The minimum Gasteiger partial charge on any atom is -1.00 e. The van der Waals surface area contributed by atoms with Crippen LogP contribution < -0.4 is 17.0 Å². The molecule has 140 valence electrons. The molecule has 0 N–H and O–H groups in total. The molecule has 0 saturated carbocycles. The van der Waals surface area contributed by atoms with Crippen LogP contribution in [-0.2, 0) is 30.6 Å². The third-order valence-corrected chi connectivity index (χ3v) is 5.82. The molecule has 0 radical (unpaired) electrons. The molecule has 0 bridgehead atoms. The van der Waals surface area contributed by atoms with E-state index in [1.54, 1.807) is 0 Å². The van der Waals surface area contributed by atoms with E-state index >= 15 is 0 Å². The van der Waals surface area contributed by atoms with Crippen LogP contribution in [0.2, 0.25) is 0 Å². The Balaban J connectivity index is 0.00000180. The van der Waals surface area contributed by atoms with Gasteiger partial charge in [0.1, 0.15) is 24.4 Å². The van der Waals surface area contributed by atoms with E-state index < -0.39 is 0 Å². The lowest BCUT2D eigenvalue weighted by Gasteiger charge is -2.23. The molecule has 1 aliphatic carbocycles. The Labute approximate surface area is 166 Å². The first-order valence-corrected chi connectivity index (χ1v) is 9.60. The number of halogens is 1. The third kappa shape index (κ3) is 2.79. The van der Waals surface area contributed by atoms with Gasteiger partial charge in [-0.2, -0.15) is 0 Å². The second kappa shape index (κ2) is 7.10. The van der Waals surface area contributed by atoms with E-state index in [-0.39, 0.29) is 24.6 Å². The average molecular weight is 382 g/mol. The second-order valence-corrected chi connectivity index (χ2v) is 7.21. The summed E-state index contributed by atoms with van der Waals surface area (Å²) < 4.78 is 10.6. The molecule has 0 spiro atoms. The molecule has 2 aromatic carbocycles. The number of para-hydroxylation sites is 1. The molecule has 0 unspecified atom stereocenters. The number of hydrogen-bond donors (Lipinski definition) is 0. The summed E-state index contributed by atoms with van der Waals surface area (Å²) in [7, 11) is 0. The Kier molecular flexibility index (Phi) is 4.79. The maximum absolute atomic E-state index is 6.18. The molecule has 27 heavy (non-hydrogen) atoms. The highest BCUT2D eigenvalue weighted by Gasteiger charge is 2.43. The van der Waals surface area contributed by atoms with Gasteiger partial charge in [-0.25, -0.2) is 4.57 Å². The summed E-state index contributed by atoms with van der Waals surface area (Å²) in [6, 6.07) is 15.5. The van der Waals surface area contributed by atoms with Crippen LogP contribution in [-0.4, -0.2) is 15.9 Å². The van der Waals surface area contributed by atoms with Crippen molar-refractivity contribution in [2.45, 2.75) is 51.9 Å². The van der Waals surface area contributed by atoms with Gasteiger partial charge >= 0.3 is 5.82 Å². The number of nitrogens with zero attached hydrogens (tertiary/aromatic N) is 3. The molecule has 1 aliphatic heterocycles. The molecular weight excluding hydrogens is 358 g/mol. The highest BCUT2D eigenvalue weighted by molar-refractivity contribution is 5.47. The molecule has 0 amide bonds. The van der Waals surface area contributed by atoms with Crippen LogP contribution in [0.3, 0.4) is 0 Å². The van der Waals surface area contributed by atoms with Crippen molar-refractivity contribution in [1.82, 2.24) is 9.78 Å². The molecule has 1 aromatic heterocycles. The van der Waals surface area contributed by atoms with Crippen molar-refractivity contribution in [3.05, 3.63) is 76.9 Å². The normalized spacial score (nSPS) is 19.8. The van der Waals surface area contributed by atoms with E-state index in [1.165, 1.54) is 27.9 Å². The molecular formula is C22H24ClN3O. The first-order chi connectivity index (χ1) is 12.8. The van der Waals surface area contributed by atoms with Gasteiger partial charge in [-0.05, 0) is 35.1 Å². The zero-order valence-electron chi connectivity index (χ0n) is 15.7. The highest BCUT2D eigenvalue weighted by atomic mass is 35.5. The van der Waals surface area contributed by atoms with Gasteiger partial charge in [0.2, 0.25) is 6.33 Å². The van der Waals surface area contributed by atoms with Gasteiger partial charge in [-0.3, -0.25) is 0 Å². The average Bonchev–Trinajstić information content (AvgIpc) is 3.27. The van der Waals surface area contributed by atoms with Crippen molar-refractivity contribution in [1.29, 1.82) is 0 Å². The predicted octanol–water partition coefficient (Wildman–Crippen LogP) is 0.333. The number of fused-ring (bicyclic) bond motifs is 5.